The van der Waals surface area contributed by atoms with Gasteiger partial charge in [-0.3, -0.25) is 9.69 Å². The van der Waals surface area contributed by atoms with Gasteiger partial charge >= 0.3 is 0 Å². The predicted molar refractivity (Wildman–Crippen MR) is 91.9 cm³/mol. The van der Waals surface area contributed by atoms with Crippen LogP contribution in [-0.2, 0) is 6.54 Å². The molecule has 2 rings (SSSR count). The molecule has 1 fully saturated rings. The highest BCUT2D eigenvalue weighted by atomic mass is 16.1. The Morgan fingerprint density at radius 3 is 2.32 bits per heavy atom. The third-order valence-corrected chi connectivity index (χ3v) is 4.86. The molecule has 0 spiro atoms. The van der Waals surface area contributed by atoms with Crippen LogP contribution in [-0.4, -0.2) is 29.9 Å². The highest BCUT2D eigenvalue weighted by molar-refractivity contribution is 5.94. The molecule has 22 heavy (non-hydrogen) atoms. The molecule has 0 aromatic heterocycles. The molecule has 122 valence electrons. The van der Waals surface area contributed by atoms with Gasteiger partial charge in [0, 0.05) is 18.2 Å². The topological polar surface area (TPSA) is 32.3 Å². The molecule has 0 aliphatic carbocycles. The quantitative estimate of drug-likeness (QED) is 0.899. The van der Waals surface area contributed by atoms with Crippen molar-refractivity contribution < 1.29 is 4.79 Å². The summed E-state index contributed by atoms with van der Waals surface area (Å²) >= 11 is 0. The lowest BCUT2D eigenvalue weighted by atomic mass is 9.99. The average molecular weight is 302 g/mol. The molecule has 3 heteroatoms. The molecule has 1 aliphatic rings. The van der Waals surface area contributed by atoms with Crippen molar-refractivity contribution in [3.05, 3.63) is 35.4 Å². The number of carbonyl (C=O) groups is 1. The summed E-state index contributed by atoms with van der Waals surface area (Å²) in [6, 6.07) is 8.27. The zero-order valence-electron chi connectivity index (χ0n) is 14.4. The first-order valence-corrected chi connectivity index (χ1v) is 8.58. The van der Waals surface area contributed by atoms with Crippen molar-refractivity contribution in [1.82, 2.24) is 10.2 Å². The van der Waals surface area contributed by atoms with E-state index in [1.165, 1.54) is 31.5 Å². The molecule has 1 aromatic carbocycles. The van der Waals surface area contributed by atoms with Crippen LogP contribution in [0, 0.1) is 11.8 Å². The monoisotopic (exact) mass is 302 g/mol. The number of hydrogen-bond donors (Lipinski definition) is 1. The summed E-state index contributed by atoms with van der Waals surface area (Å²) in [6.07, 6.45) is 2.60. The summed E-state index contributed by atoms with van der Waals surface area (Å²) in [5.74, 6) is 1.34. The fourth-order valence-electron chi connectivity index (χ4n) is 2.70. The van der Waals surface area contributed by atoms with E-state index in [0.29, 0.717) is 5.92 Å². The highest BCUT2D eigenvalue weighted by Crippen LogP contribution is 2.18. The van der Waals surface area contributed by atoms with Gasteiger partial charge in [-0.1, -0.05) is 32.9 Å². The number of piperidine rings is 1. The smallest absolute Gasteiger partial charge is 0.251 e. The van der Waals surface area contributed by atoms with Crippen LogP contribution in [0.4, 0.5) is 0 Å². The SMILES string of the molecule is CC1CCN(Cc2ccc(C(=O)N[C@H](C)C(C)C)cc2)CC1. The number of likely N-dealkylation sites (tertiary alicyclic amines) is 1. The van der Waals surface area contributed by atoms with E-state index in [9.17, 15) is 4.79 Å². The summed E-state index contributed by atoms with van der Waals surface area (Å²) in [7, 11) is 0. The minimum atomic E-state index is 0.0274. The second-order valence-electron chi connectivity index (χ2n) is 7.16. The van der Waals surface area contributed by atoms with Crippen molar-refractivity contribution in [1.29, 1.82) is 0 Å². The molecule has 3 nitrogen and oxygen atoms in total. The Hall–Kier alpha value is -1.35. The van der Waals surface area contributed by atoms with E-state index >= 15 is 0 Å². The van der Waals surface area contributed by atoms with Gasteiger partial charge in [-0.25, -0.2) is 0 Å². The molecule has 1 heterocycles. The fraction of sp³-hybridized carbons (Fsp3) is 0.632. The number of nitrogens with one attached hydrogen (secondary N) is 1. The zero-order valence-corrected chi connectivity index (χ0v) is 14.4. The maximum atomic E-state index is 12.2. The van der Waals surface area contributed by atoms with Gasteiger partial charge in [-0.05, 0) is 62.4 Å². The van der Waals surface area contributed by atoms with E-state index < -0.39 is 0 Å². The van der Waals surface area contributed by atoms with Gasteiger partial charge in [0.05, 0.1) is 0 Å². The number of amides is 1. The standard InChI is InChI=1S/C19H30N2O/c1-14(2)16(4)20-19(22)18-7-5-17(6-8-18)13-21-11-9-15(3)10-12-21/h5-8,14-16H,9-13H2,1-4H3,(H,20,22)/t16-/m1/s1. The molecule has 1 aromatic rings. The van der Waals surface area contributed by atoms with Gasteiger partial charge in [-0.2, -0.15) is 0 Å². The number of benzene rings is 1. The van der Waals surface area contributed by atoms with Crippen LogP contribution in [0.1, 0.15) is 56.5 Å². The van der Waals surface area contributed by atoms with Crippen molar-refractivity contribution >= 4 is 5.91 Å². The van der Waals surface area contributed by atoms with Crippen molar-refractivity contribution in [3.63, 3.8) is 0 Å². The van der Waals surface area contributed by atoms with E-state index in [4.69, 9.17) is 0 Å². The van der Waals surface area contributed by atoms with Crippen LogP contribution in [0.5, 0.6) is 0 Å². The van der Waals surface area contributed by atoms with Gasteiger partial charge in [0.25, 0.3) is 5.91 Å². The molecule has 0 saturated carbocycles. The van der Waals surface area contributed by atoms with Crippen LogP contribution in [0.3, 0.4) is 0 Å². The first-order chi connectivity index (χ1) is 10.5. The van der Waals surface area contributed by atoms with E-state index in [2.05, 4.69) is 43.1 Å². The summed E-state index contributed by atoms with van der Waals surface area (Å²) < 4.78 is 0. The first kappa shape index (κ1) is 17.0. The van der Waals surface area contributed by atoms with Crippen LogP contribution >= 0.6 is 0 Å². The Balaban J connectivity index is 1.88. The minimum Gasteiger partial charge on any atom is -0.349 e. The lowest BCUT2D eigenvalue weighted by molar-refractivity contribution is 0.0930. The highest BCUT2D eigenvalue weighted by Gasteiger charge is 2.16. The van der Waals surface area contributed by atoms with Crippen LogP contribution in [0.15, 0.2) is 24.3 Å². The van der Waals surface area contributed by atoms with Gasteiger partial charge in [0.15, 0.2) is 0 Å². The van der Waals surface area contributed by atoms with Crippen LogP contribution in [0.25, 0.3) is 0 Å². The lowest BCUT2D eigenvalue weighted by Gasteiger charge is -2.30. The Labute approximate surface area is 135 Å². The fourth-order valence-corrected chi connectivity index (χ4v) is 2.70. The first-order valence-electron chi connectivity index (χ1n) is 8.58. The molecular weight excluding hydrogens is 272 g/mol. The third-order valence-electron chi connectivity index (χ3n) is 4.86. The summed E-state index contributed by atoms with van der Waals surface area (Å²) in [5, 5.41) is 3.05. The molecular formula is C19H30N2O. The molecule has 0 unspecified atom stereocenters. The summed E-state index contributed by atoms with van der Waals surface area (Å²) in [6.45, 7) is 12.0. The summed E-state index contributed by atoms with van der Waals surface area (Å²) in [5.41, 5.74) is 2.05. The van der Waals surface area contributed by atoms with Crippen LogP contribution < -0.4 is 5.32 Å². The summed E-state index contributed by atoms with van der Waals surface area (Å²) in [4.78, 5) is 14.7. The number of rotatable bonds is 5. The predicted octanol–water partition coefficient (Wildman–Crippen LogP) is 3.69. The van der Waals surface area contributed by atoms with Crippen molar-refractivity contribution in [2.24, 2.45) is 11.8 Å². The second kappa shape index (κ2) is 7.77. The molecule has 1 saturated heterocycles. The van der Waals surface area contributed by atoms with E-state index in [0.717, 1.165) is 18.0 Å². The second-order valence-corrected chi connectivity index (χ2v) is 7.16. The van der Waals surface area contributed by atoms with Gasteiger partial charge in [-0.15, -0.1) is 0 Å². The third kappa shape index (κ3) is 4.84. The Morgan fingerprint density at radius 2 is 1.77 bits per heavy atom. The van der Waals surface area contributed by atoms with Crippen molar-refractivity contribution in [3.8, 4) is 0 Å². The average Bonchev–Trinajstić information content (AvgIpc) is 2.50. The van der Waals surface area contributed by atoms with Crippen LogP contribution in [0.2, 0.25) is 0 Å². The molecule has 1 N–H and O–H groups in total. The largest absolute Gasteiger partial charge is 0.349 e. The molecule has 1 atom stereocenters. The van der Waals surface area contributed by atoms with E-state index in [1.807, 2.05) is 19.1 Å². The van der Waals surface area contributed by atoms with E-state index in [1.54, 1.807) is 0 Å². The minimum absolute atomic E-state index is 0.0274. The van der Waals surface area contributed by atoms with Crippen molar-refractivity contribution in [2.45, 2.75) is 53.1 Å². The van der Waals surface area contributed by atoms with Gasteiger partial charge in [0.1, 0.15) is 0 Å². The Kier molecular flexibility index (Phi) is 6.01. The molecule has 0 bridgehead atoms. The maximum absolute atomic E-state index is 12.2. The van der Waals surface area contributed by atoms with Gasteiger partial charge < -0.3 is 5.32 Å². The number of carbonyl (C=O) groups excluding carboxylic acids is 1. The zero-order chi connectivity index (χ0) is 16.1. The van der Waals surface area contributed by atoms with Gasteiger partial charge in [0.2, 0.25) is 0 Å². The number of hydrogen-bond acceptors (Lipinski definition) is 2. The molecule has 1 aliphatic heterocycles. The number of nitrogens with zero attached hydrogens (tertiary/aromatic N) is 1. The van der Waals surface area contributed by atoms with E-state index in [-0.39, 0.29) is 11.9 Å². The molecule has 0 radical (unpaired) electrons. The maximum Gasteiger partial charge on any atom is 0.251 e. The normalized spacial score (nSPS) is 18.4. The van der Waals surface area contributed by atoms with Crippen molar-refractivity contribution in [2.75, 3.05) is 13.1 Å². The lowest BCUT2D eigenvalue weighted by Crippen LogP contribution is -2.36. The Bertz CT molecular complexity index is 473. The molecule has 1 amide bonds. The Morgan fingerprint density at radius 1 is 1.18 bits per heavy atom.